The number of hydroxylamine groups is 2. The van der Waals surface area contributed by atoms with Crippen LogP contribution in [0.5, 0.6) is 0 Å². The number of imide groups is 1. The normalized spacial score (nSPS) is 22.4. The minimum absolute atomic E-state index is 0.367. The maximum absolute atomic E-state index is 13.8. The third-order valence-electron chi connectivity index (χ3n) is 6.99. The van der Waals surface area contributed by atoms with Crippen molar-refractivity contribution in [3.63, 3.8) is 0 Å². The summed E-state index contributed by atoms with van der Waals surface area (Å²) in [6, 6.07) is 25.0. The zero-order valence-electron chi connectivity index (χ0n) is 20.2. The summed E-state index contributed by atoms with van der Waals surface area (Å²) in [5, 5.41) is 1.58. The highest BCUT2D eigenvalue weighted by Crippen LogP contribution is 2.39. The Morgan fingerprint density at radius 1 is 0.944 bits per heavy atom. The van der Waals surface area contributed by atoms with Crippen molar-refractivity contribution in [3.8, 4) is 0 Å². The SMILES string of the molecule is C[C@H](C(=O)N1C(=O)O[C@@H](c2ccccc2)[C@H]1C)[C@@H]1c2ccccc2CCN1OC(=O)c1ccccc1. The van der Waals surface area contributed by atoms with Gasteiger partial charge in [-0.3, -0.25) is 4.79 Å². The molecule has 1 saturated heterocycles. The van der Waals surface area contributed by atoms with Gasteiger partial charge in [-0.2, -0.15) is 0 Å². The Morgan fingerprint density at radius 3 is 2.31 bits per heavy atom. The molecule has 0 aliphatic carbocycles. The van der Waals surface area contributed by atoms with E-state index in [1.165, 1.54) is 4.90 Å². The lowest BCUT2D eigenvalue weighted by molar-refractivity contribution is -0.166. The smallest absolute Gasteiger partial charge is 0.417 e. The van der Waals surface area contributed by atoms with Crippen LogP contribution >= 0.6 is 0 Å². The van der Waals surface area contributed by atoms with Gasteiger partial charge in [0.05, 0.1) is 23.6 Å². The largest absolute Gasteiger partial charge is 0.439 e. The number of nitrogens with zero attached hydrogens (tertiary/aromatic N) is 2. The van der Waals surface area contributed by atoms with Crippen molar-refractivity contribution in [3.05, 3.63) is 107 Å². The van der Waals surface area contributed by atoms with Gasteiger partial charge in [-0.05, 0) is 42.2 Å². The van der Waals surface area contributed by atoms with Gasteiger partial charge in [-0.25, -0.2) is 14.5 Å². The van der Waals surface area contributed by atoms with Gasteiger partial charge in [0, 0.05) is 6.54 Å². The quantitative estimate of drug-likeness (QED) is 0.501. The van der Waals surface area contributed by atoms with Crippen LogP contribution in [-0.2, 0) is 20.8 Å². The molecule has 0 bridgehead atoms. The van der Waals surface area contributed by atoms with Gasteiger partial charge in [0.15, 0.2) is 0 Å². The first-order valence-corrected chi connectivity index (χ1v) is 12.2. The summed E-state index contributed by atoms with van der Waals surface area (Å²) in [7, 11) is 0. The molecule has 4 atom stereocenters. The predicted octanol–water partition coefficient (Wildman–Crippen LogP) is 5.10. The lowest BCUT2D eigenvalue weighted by Gasteiger charge is -2.39. The summed E-state index contributed by atoms with van der Waals surface area (Å²) in [6.07, 6.45) is -0.529. The highest BCUT2D eigenvalue weighted by atomic mass is 16.7. The molecule has 7 heteroatoms. The van der Waals surface area contributed by atoms with Crippen molar-refractivity contribution in [2.45, 2.75) is 38.5 Å². The van der Waals surface area contributed by atoms with E-state index in [-0.39, 0.29) is 5.91 Å². The molecule has 0 spiro atoms. The maximum Gasteiger partial charge on any atom is 0.417 e. The lowest BCUT2D eigenvalue weighted by Crippen LogP contribution is -2.47. The molecule has 7 nitrogen and oxygen atoms in total. The molecule has 5 rings (SSSR count). The van der Waals surface area contributed by atoms with E-state index in [0.29, 0.717) is 18.5 Å². The summed E-state index contributed by atoms with van der Waals surface area (Å²) in [4.78, 5) is 46.6. The molecule has 0 unspecified atom stereocenters. The molecule has 184 valence electrons. The molecule has 3 aromatic rings. The Bertz CT molecular complexity index is 1260. The van der Waals surface area contributed by atoms with Gasteiger partial charge in [0.1, 0.15) is 6.10 Å². The number of carbonyl (C=O) groups excluding carboxylic acids is 3. The zero-order valence-corrected chi connectivity index (χ0v) is 20.2. The third kappa shape index (κ3) is 4.38. The van der Waals surface area contributed by atoms with Crippen molar-refractivity contribution in [2.75, 3.05) is 6.54 Å². The van der Waals surface area contributed by atoms with Crippen LogP contribution in [0.3, 0.4) is 0 Å². The number of rotatable bonds is 5. The summed E-state index contributed by atoms with van der Waals surface area (Å²) in [6.45, 7) is 4.02. The molecule has 2 amide bonds. The number of ether oxygens (including phenoxy) is 1. The molecule has 2 aliphatic rings. The molecular weight excluding hydrogens is 456 g/mol. The monoisotopic (exact) mass is 484 g/mol. The molecule has 3 aromatic carbocycles. The van der Waals surface area contributed by atoms with Gasteiger partial charge in [0.2, 0.25) is 5.91 Å². The molecule has 2 aliphatic heterocycles. The van der Waals surface area contributed by atoms with Gasteiger partial charge in [0.25, 0.3) is 0 Å². The van der Waals surface area contributed by atoms with Gasteiger partial charge < -0.3 is 9.57 Å². The van der Waals surface area contributed by atoms with Crippen LogP contribution in [0.25, 0.3) is 0 Å². The van der Waals surface area contributed by atoms with Crippen LogP contribution in [0.1, 0.15) is 53.0 Å². The second-order valence-electron chi connectivity index (χ2n) is 9.23. The Hall–Kier alpha value is -3.97. The Labute approximate surface area is 210 Å². The number of fused-ring (bicyclic) bond motifs is 1. The molecule has 1 fully saturated rings. The molecule has 0 aromatic heterocycles. The van der Waals surface area contributed by atoms with Crippen molar-refractivity contribution in [2.24, 2.45) is 5.92 Å². The number of carbonyl (C=O) groups is 3. The topological polar surface area (TPSA) is 76.2 Å². The first-order chi connectivity index (χ1) is 17.5. The lowest BCUT2D eigenvalue weighted by atomic mass is 9.85. The molecule has 2 heterocycles. The molecule has 0 radical (unpaired) electrons. The maximum atomic E-state index is 13.8. The van der Waals surface area contributed by atoms with E-state index in [1.54, 1.807) is 36.3 Å². The number of amides is 2. The van der Waals surface area contributed by atoms with Crippen LogP contribution in [0, 0.1) is 5.92 Å². The van der Waals surface area contributed by atoms with Crippen LogP contribution in [0.4, 0.5) is 4.79 Å². The van der Waals surface area contributed by atoms with Crippen LogP contribution in [-0.4, -0.2) is 40.5 Å². The van der Waals surface area contributed by atoms with E-state index in [1.807, 2.05) is 67.6 Å². The Morgan fingerprint density at radius 2 is 1.58 bits per heavy atom. The van der Waals surface area contributed by atoms with E-state index in [0.717, 1.165) is 16.7 Å². The molecule has 0 N–H and O–H groups in total. The fraction of sp³-hybridized carbons (Fsp3) is 0.276. The van der Waals surface area contributed by atoms with E-state index in [9.17, 15) is 14.4 Å². The van der Waals surface area contributed by atoms with Crippen molar-refractivity contribution >= 4 is 18.0 Å². The first kappa shape index (κ1) is 23.8. The molecule has 0 saturated carbocycles. The van der Waals surface area contributed by atoms with Crippen molar-refractivity contribution < 1.29 is 24.0 Å². The number of hydrogen-bond acceptors (Lipinski definition) is 6. The van der Waals surface area contributed by atoms with Crippen molar-refractivity contribution in [1.82, 2.24) is 9.96 Å². The van der Waals surface area contributed by atoms with Crippen LogP contribution in [0.15, 0.2) is 84.9 Å². The van der Waals surface area contributed by atoms with E-state index >= 15 is 0 Å². The zero-order chi connectivity index (χ0) is 25.2. The average Bonchev–Trinajstić information content (AvgIpc) is 3.22. The number of hydrogen-bond donors (Lipinski definition) is 0. The number of cyclic esters (lactones) is 1. The summed E-state index contributed by atoms with van der Waals surface area (Å²) < 4.78 is 5.62. The molecular formula is C29H28N2O5. The summed E-state index contributed by atoms with van der Waals surface area (Å²) in [5.74, 6) is -1.54. The highest BCUT2D eigenvalue weighted by Gasteiger charge is 2.47. The Balaban J connectivity index is 1.43. The highest BCUT2D eigenvalue weighted by molar-refractivity contribution is 5.95. The fourth-order valence-corrected chi connectivity index (χ4v) is 5.13. The first-order valence-electron chi connectivity index (χ1n) is 12.2. The van der Waals surface area contributed by atoms with Gasteiger partial charge in [-0.15, -0.1) is 5.06 Å². The average molecular weight is 485 g/mol. The summed E-state index contributed by atoms with van der Waals surface area (Å²) in [5.41, 5.74) is 3.26. The minimum Gasteiger partial charge on any atom is -0.439 e. The second-order valence-corrected chi connectivity index (χ2v) is 9.23. The van der Waals surface area contributed by atoms with E-state index < -0.39 is 36.2 Å². The van der Waals surface area contributed by atoms with Gasteiger partial charge in [-0.1, -0.05) is 79.7 Å². The third-order valence-corrected chi connectivity index (χ3v) is 6.99. The molecule has 36 heavy (non-hydrogen) atoms. The van der Waals surface area contributed by atoms with Gasteiger partial charge >= 0.3 is 12.1 Å². The number of benzene rings is 3. The summed E-state index contributed by atoms with van der Waals surface area (Å²) >= 11 is 0. The van der Waals surface area contributed by atoms with Crippen LogP contribution in [0.2, 0.25) is 0 Å². The predicted molar refractivity (Wildman–Crippen MR) is 133 cm³/mol. The van der Waals surface area contributed by atoms with E-state index in [2.05, 4.69) is 0 Å². The standard InChI is InChI=1S/C29H28N2O5/c1-19(27(32)31-20(2)26(35-29(31)34)22-12-5-3-6-13-22)25-24-16-10-9-11-21(24)17-18-30(25)36-28(33)23-14-7-4-8-15-23/h3-16,19-20,25-26H,17-18H2,1-2H3/t19-,20+,25+,26+/m0/s1. The fourth-order valence-electron chi connectivity index (χ4n) is 5.13. The minimum atomic E-state index is -0.681. The Kier molecular flexibility index (Phi) is 6.57. The van der Waals surface area contributed by atoms with Crippen LogP contribution < -0.4 is 0 Å². The van der Waals surface area contributed by atoms with Crippen molar-refractivity contribution in [1.29, 1.82) is 0 Å². The van der Waals surface area contributed by atoms with E-state index in [4.69, 9.17) is 9.57 Å². The second kappa shape index (κ2) is 9.95.